The molecule has 1 N–H and O–H groups in total. The lowest BCUT2D eigenvalue weighted by atomic mass is 9.99. The van der Waals surface area contributed by atoms with Gasteiger partial charge in [-0.25, -0.2) is 8.42 Å². The SMILES string of the molecule is C[C@H](C(=O)Nc1cccc(S(=O)(=O)N2CCCCC2)c1)N1CC=C(c2ccccc2)CC1. The molecular weight excluding hydrogens is 422 g/mol. The van der Waals surface area contributed by atoms with Gasteiger partial charge in [-0.3, -0.25) is 9.69 Å². The fraction of sp³-hybridized carbons (Fsp3) is 0.400. The number of carbonyl (C=O) groups is 1. The second kappa shape index (κ2) is 9.98. The number of sulfonamides is 1. The van der Waals surface area contributed by atoms with Crippen LogP contribution in [0.5, 0.6) is 0 Å². The molecule has 2 aromatic rings. The van der Waals surface area contributed by atoms with Gasteiger partial charge in [0.25, 0.3) is 0 Å². The summed E-state index contributed by atoms with van der Waals surface area (Å²) in [7, 11) is -3.53. The van der Waals surface area contributed by atoms with Gasteiger partial charge >= 0.3 is 0 Å². The van der Waals surface area contributed by atoms with Gasteiger partial charge in [0.15, 0.2) is 0 Å². The lowest BCUT2D eigenvalue weighted by molar-refractivity contribution is -0.120. The van der Waals surface area contributed by atoms with Crippen LogP contribution < -0.4 is 5.32 Å². The van der Waals surface area contributed by atoms with Crippen molar-refractivity contribution in [1.29, 1.82) is 0 Å². The van der Waals surface area contributed by atoms with E-state index in [1.165, 1.54) is 11.1 Å². The van der Waals surface area contributed by atoms with Crippen molar-refractivity contribution in [2.45, 2.75) is 43.5 Å². The van der Waals surface area contributed by atoms with Crippen molar-refractivity contribution >= 4 is 27.2 Å². The Morgan fingerprint density at radius 3 is 2.41 bits per heavy atom. The average Bonchev–Trinajstić information content (AvgIpc) is 2.85. The maximum atomic E-state index is 13.0. The number of anilines is 1. The largest absolute Gasteiger partial charge is 0.325 e. The number of benzene rings is 2. The molecule has 2 aliphatic heterocycles. The van der Waals surface area contributed by atoms with Gasteiger partial charge in [-0.1, -0.05) is 48.9 Å². The van der Waals surface area contributed by atoms with E-state index < -0.39 is 10.0 Å². The molecule has 1 fully saturated rings. The molecule has 7 heteroatoms. The molecule has 4 rings (SSSR count). The monoisotopic (exact) mass is 453 g/mol. The van der Waals surface area contributed by atoms with Crippen molar-refractivity contribution in [3.05, 3.63) is 66.2 Å². The smallest absolute Gasteiger partial charge is 0.243 e. The molecule has 0 saturated carbocycles. The van der Waals surface area contributed by atoms with Crippen LogP contribution >= 0.6 is 0 Å². The van der Waals surface area contributed by atoms with Crippen LogP contribution in [0.25, 0.3) is 5.57 Å². The number of hydrogen-bond acceptors (Lipinski definition) is 4. The van der Waals surface area contributed by atoms with Crippen LogP contribution in [0.4, 0.5) is 5.69 Å². The Kier molecular flexibility index (Phi) is 7.08. The molecule has 0 bridgehead atoms. The Morgan fingerprint density at radius 2 is 1.72 bits per heavy atom. The van der Waals surface area contributed by atoms with E-state index in [2.05, 4.69) is 28.4 Å². The topological polar surface area (TPSA) is 69.7 Å². The van der Waals surface area contributed by atoms with E-state index in [1.54, 1.807) is 28.6 Å². The van der Waals surface area contributed by atoms with E-state index in [0.717, 1.165) is 32.2 Å². The molecule has 1 amide bonds. The summed E-state index contributed by atoms with van der Waals surface area (Å²) in [6, 6.07) is 16.6. The van der Waals surface area contributed by atoms with Gasteiger partial charge in [0, 0.05) is 31.9 Å². The Morgan fingerprint density at radius 1 is 0.969 bits per heavy atom. The number of rotatable bonds is 6. The van der Waals surface area contributed by atoms with Gasteiger partial charge in [-0.2, -0.15) is 4.31 Å². The van der Waals surface area contributed by atoms with Crippen LogP contribution in [0.1, 0.15) is 38.2 Å². The van der Waals surface area contributed by atoms with Crippen molar-refractivity contribution in [1.82, 2.24) is 9.21 Å². The number of amides is 1. The van der Waals surface area contributed by atoms with E-state index in [4.69, 9.17) is 0 Å². The van der Waals surface area contributed by atoms with E-state index >= 15 is 0 Å². The molecule has 0 spiro atoms. The predicted molar refractivity (Wildman–Crippen MR) is 128 cm³/mol. The van der Waals surface area contributed by atoms with E-state index in [9.17, 15) is 13.2 Å². The summed E-state index contributed by atoms with van der Waals surface area (Å²) in [5.74, 6) is -0.130. The Labute approximate surface area is 191 Å². The standard InChI is InChI=1S/C25H31N3O3S/c1-20(27-17-13-22(14-18-27)21-9-4-2-5-10-21)25(29)26-23-11-8-12-24(19-23)32(30,31)28-15-6-3-7-16-28/h2,4-5,8-13,19-20H,3,6-7,14-18H2,1H3,(H,26,29)/t20-/m1/s1. The predicted octanol–water partition coefficient (Wildman–Crippen LogP) is 3.98. The highest BCUT2D eigenvalue weighted by Crippen LogP contribution is 2.25. The zero-order chi connectivity index (χ0) is 22.6. The van der Waals surface area contributed by atoms with Crippen LogP contribution in [-0.2, 0) is 14.8 Å². The van der Waals surface area contributed by atoms with E-state index in [-0.39, 0.29) is 16.8 Å². The zero-order valence-corrected chi connectivity index (χ0v) is 19.4. The van der Waals surface area contributed by atoms with Crippen molar-refractivity contribution < 1.29 is 13.2 Å². The molecule has 1 saturated heterocycles. The molecule has 0 aromatic heterocycles. The molecule has 0 radical (unpaired) electrons. The summed E-state index contributed by atoms with van der Waals surface area (Å²) in [5.41, 5.74) is 3.05. The van der Waals surface area contributed by atoms with Gasteiger partial charge in [0.05, 0.1) is 10.9 Å². The number of nitrogens with one attached hydrogen (secondary N) is 1. The highest BCUT2D eigenvalue weighted by atomic mass is 32.2. The first-order valence-corrected chi connectivity index (χ1v) is 12.8. The summed E-state index contributed by atoms with van der Waals surface area (Å²) in [4.78, 5) is 15.3. The maximum Gasteiger partial charge on any atom is 0.243 e. The third-order valence-electron chi connectivity index (χ3n) is 6.37. The summed E-state index contributed by atoms with van der Waals surface area (Å²) in [6.07, 6.45) is 5.94. The second-order valence-electron chi connectivity index (χ2n) is 8.50. The molecule has 2 aromatic carbocycles. The number of nitrogens with zero attached hydrogens (tertiary/aromatic N) is 2. The first-order chi connectivity index (χ1) is 15.4. The number of piperidine rings is 1. The highest BCUT2D eigenvalue weighted by molar-refractivity contribution is 7.89. The van der Waals surface area contributed by atoms with Crippen molar-refractivity contribution in [2.24, 2.45) is 0 Å². The van der Waals surface area contributed by atoms with Gasteiger partial charge in [-0.15, -0.1) is 0 Å². The Balaban J connectivity index is 1.40. The fourth-order valence-corrected chi connectivity index (χ4v) is 5.92. The lowest BCUT2D eigenvalue weighted by Gasteiger charge is -2.31. The molecule has 6 nitrogen and oxygen atoms in total. The summed E-state index contributed by atoms with van der Waals surface area (Å²) >= 11 is 0. The third-order valence-corrected chi connectivity index (χ3v) is 8.26. The zero-order valence-electron chi connectivity index (χ0n) is 18.5. The molecular formula is C25H31N3O3S. The van der Waals surface area contributed by atoms with Crippen molar-refractivity contribution in [3.8, 4) is 0 Å². The lowest BCUT2D eigenvalue weighted by Crippen LogP contribution is -2.44. The summed E-state index contributed by atoms with van der Waals surface area (Å²) < 4.78 is 27.5. The Hall–Kier alpha value is -2.48. The highest BCUT2D eigenvalue weighted by Gasteiger charge is 2.27. The fourth-order valence-electron chi connectivity index (χ4n) is 4.35. The minimum Gasteiger partial charge on any atom is -0.325 e. The second-order valence-corrected chi connectivity index (χ2v) is 10.4. The molecule has 32 heavy (non-hydrogen) atoms. The van der Waals surface area contributed by atoms with E-state index in [1.807, 2.05) is 25.1 Å². The molecule has 1 atom stereocenters. The van der Waals surface area contributed by atoms with Gasteiger partial charge in [-0.05, 0) is 55.5 Å². The molecule has 2 aliphatic rings. The average molecular weight is 454 g/mol. The Bertz CT molecular complexity index is 1080. The van der Waals surface area contributed by atoms with Crippen LogP contribution in [0, 0.1) is 0 Å². The maximum absolute atomic E-state index is 13.0. The first-order valence-electron chi connectivity index (χ1n) is 11.3. The van der Waals surface area contributed by atoms with Gasteiger partial charge in [0.2, 0.25) is 15.9 Å². The quantitative estimate of drug-likeness (QED) is 0.718. The van der Waals surface area contributed by atoms with Crippen LogP contribution in [0.15, 0.2) is 65.6 Å². The molecule has 0 unspecified atom stereocenters. The minimum atomic E-state index is -3.53. The summed E-state index contributed by atoms with van der Waals surface area (Å²) in [6.45, 7) is 4.53. The molecule has 0 aliphatic carbocycles. The molecule has 2 heterocycles. The van der Waals surface area contributed by atoms with E-state index in [0.29, 0.717) is 25.3 Å². The number of carbonyl (C=O) groups excluding carboxylic acids is 1. The van der Waals surface area contributed by atoms with Crippen LogP contribution in [-0.4, -0.2) is 55.8 Å². The van der Waals surface area contributed by atoms with Crippen molar-refractivity contribution in [3.63, 3.8) is 0 Å². The minimum absolute atomic E-state index is 0.130. The van der Waals surface area contributed by atoms with Crippen LogP contribution in [0.2, 0.25) is 0 Å². The summed E-state index contributed by atoms with van der Waals surface area (Å²) in [5, 5.41) is 2.91. The number of hydrogen-bond donors (Lipinski definition) is 1. The van der Waals surface area contributed by atoms with Crippen LogP contribution in [0.3, 0.4) is 0 Å². The third kappa shape index (κ3) is 5.11. The molecule has 170 valence electrons. The van der Waals surface area contributed by atoms with Crippen molar-refractivity contribution in [2.75, 3.05) is 31.5 Å². The first kappa shape index (κ1) is 22.7. The van der Waals surface area contributed by atoms with Gasteiger partial charge in [0.1, 0.15) is 0 Å². The normalized spacial score (nSPS) is 19.2. The van der Waals surface area contributed by atoms with Gasteiger partial charge < -0.3 is 5.32 Å².